The number of ether oxygens (including phenoxy) is 1. The van der Waals surface area contributed by atoms with Crippen LogP contribution in [0.2, 0.25) is 0 Å². The molecule has 0 aliphatic carbocycles. The fourth-order valence-corrected chi connectivity index (χ4v) is 1.80. The molecular formula is C11H14N2O2. The average Bonchev–Trinajstić information content (AvgIpc) is 2.76. The highest BCUT2D eigenvalue weighted by Crippen LogP contribution is 2.21. The van der Waals surface area contributed by atoms with Crippen molar-refractivity contribution >= 4 is 5.97 Å². The molecule has 0 saturated heterocycles. The number of aryl methyl sites for hydroxylation is 1. The highest BCUT2D eigenvalue weighted by atomic mass is 16.5. The molecule has 2 rings (SSSR count). The molecule has 2 heterocycles. The van der Waals surface area contributed by atoms with Gasteiger partial charge in [0.05, 0.1) is 6.33 Å². The number of aromatic nitrogens is 2. The number of carbonyl (C=O) groups excluding carboxylic acids is 1. The minimum atomic E-state index is -0.158. The van der Waals surface area contributed by atoms with Crippen molar-refractivity contribution in [1.82, 2.24) is 9.55 Å². The zero-order chi connectivity index (χ0) is 10.8. The van der Waals surface area contributed by atoms with Gasteiger partial charge < -0.3 is 9.30 Å². The lowest BCUT2D eigenvalue weighted by Gasteiger charge is -2.02. The van der Waals surface area contributed by atoms with Crippen molar-refractivity contribution in [3.8, 4) is 0 Å². The van der Waals surface area contributed by atoms with Crippen LogP contribution >= 0.6 is 0 Å². The summed E-state index contributed by atoms with van der Waals surface area (Å²) in [5.74, 6) is -0.158. The highest BCUT2D eigenvalue weighted by molar-refractivity contribution is 5.91. The van der Waals surface area contributed by atoms with E-state index in [-0.39, 0.29) is 5.97 Å². The van der Waals surface area contributed by atoms with Crippen LogP contribution in [0.5, 0.6) is 0 Å². The Bertz CT molecular complexity index is 418. The van der Waals surface area contributed by atoms with E-state index in [1.807, 2.05) is 24.7 Å². The van der Waals surface area contributed by atoms with Crippen molar-refractivity contribution in [3.63, 3.8) is 0 Å². The Labute approximate surface area is 88.6 Å². The summed E-state index contributed by atoms with van der Waals surface area (Å²) in [4.78, 5) is 15.4. The standard InChI is InChI=1S/C11H14N2O2/c1-3-10-8(6-15-11(10)14)4-9-5-12-7-13(9)2/h5,7H,3-4,6H2,1-2H3. The molecule has 0 radical (unpaired) electrons. The summed E-state index contributed by atoms with van der Waals surface area (Å²) in [6.07, 6.45) is 5.08. The third-order valence-corrected chi connectivity index (χ3v) is 2.72. The van der Waals surface area contributed by atoms with Crippen molar-refractivity contribution in [2.45, 2.75) is 19.8 Å². The molecule has 1 aliphatic rings. The minimum Gasteiger partial charge on any atom is -0.458 e. The van der Waals surface area contributed by atoms with E-state index in [0.717, 1.165) is 29.7 Å². The predicted molar refractivity (Wildman–Crippen MR) is 55.2 cm³/mol. The van der Waals surface area contributed by atoms with Crippen LogP contribution in [0.1, 0.15) is 19.0 Å². The first-order chi connectivity index (χ1) is 7.22. The molecule has 0 spiro atoms. The molecule has 0 aromatic carbocycles. The van der Waals surface area contributed by atoms with Gasteiger partial charge in [-0.2, -0.15) is 0 Å². The summed E-state index contributed by atoms with van der Waals surface area (Å²) in [6.45, 7) is 2.42. The Kier molecular flexibility index (Phi) is 2.58. The maximum absolute atomic E-state index is 11.3. The van der Waals surface area contributed by atoms with Gasteiger partial charge in [0.15, 0.2) is 0 Å². The van der Waals surface area contributed by atoms with Gasteiger partial charge in [-0.25, -0.2) is 9.78 Å². The molecule has 0 atom stereocenters. The number of hydrogen-bond donors (Lipinski definition) is 0. The van der Waals surface area contributed by atoms with Gasteiger partial charge in [-0.1, -0.05) is 6.92 Å². The third kappa shape index (κ3) is 1.79. The van der Waals surface area contributed by atoms with Crippen molar-refractivity contribution in [1.29, 1.82) is 0 Å². The number of carbonyl (C=O) groups is 1. The first-order valence-electron chi connectivity index (χ1n) is 5.05. The van der Waals surface area contributed by atoms with Gasteiger partial charge >= 0.3 is 5.97 Å². The number of imidazole rings is 1. The lowest BCUT2D eigenvalue weighted by atomic mass is 10.0. The number of nitrogens with zero attached hydrogens (tertiary/aromatic N) is 2. The van der Waals surface area contributed by atoms with Gasteiger partial charge in [0.1, 0.15) is 6.61 Å². The molecule has 0 saturated carbocycles. The topological polar surface area (TPSA) is 44.1 Å². The molecule has 80 valence electrons. The van der Waals surface area contributed by atoms with Crippen LogP contribution in [-0.4, -0.2) is 22.1 Å². The molecule has 15 heavy (non-hydrogen) atoms. The smallest absolute Gasteiger partial charge is 0.334 e. The van der Waals surface area contributed by atoms with E-state index in [9.17, 15) is 4.79 Å². The quantitative estimate of drug-likeness (QED) is 0.698. The molecule has 0 N–H and O–H groups in total. The van der Waals surface area contributed by atoms with Crippen molar-refractivity contribution in [3.05, 3.63) is 29.4 Å². The molecule has 1 aromatic heterocycles. The van der Waals surface area contributed by atoms with E-state index in [2.05, 4.69) is 4.98 Å². The Hall–Kier alpha value is -1.58. The summed E-state index contributed by atoms with van der Waals surface area (Å²) in [7, 11) is 1.95. The second-order valence-electron chi connectivity index (χ2n) is 3.68. The number of hydrogen-bond acceptors (Lipinski definition) is 3. The maximum Gasteiger partial charge on any atom is 0.334 e. The second-order valence-corrected chi connectivity index (χ2v) is 3.68. The van der Waals surface area contributed by atoms with Crippen LogP contribution in [-0.2, 0) is 23.0 Å². The van der Waals surface area contributed by atoms with Gasteiger partial charge in [0.2, 0.25) is 0 Å². The van der Waals surface area contributed by atoms with Crippen molar-refractivity contribution in [2.75, 3.05) is 6.61 Å². The van der Waals surface area contributed by atoms with Crippen LogP contribution in [0, 0.1) is 0 Å². The predicted octanol–water partition coefficient (Wildman–Crippen LogP) is 1.23. The third-order valence-electron chi connectivity index (χ3n) is 2.72. The monoisotopic (exact) mass is 206 g/mol. The van der Waals surface area contributed by atoms with E-state index in [4.69, 9.17) is 4.74 Å². The summed E-state index contributed by atoms with van der Waals surface area (Å²) < 4.78 is 6.98. The first-order valence-corrected chi connectivity index (χ1v) is 5.05. The van der Waals surface area contributed by atoms with Gasteiger partial charge in [0, 0.05) is 30.9 Å². The Balaban J connectivity index is 2.22. The van der Waals surface area contributed by atoms with Gasteiger partial charge in [-0.3, -0.25) is 0 Å². The Morgan fingerprint density at radius 3 is 3.00 bits per heavy atom. The van der Waals surface area contributed by atoms with Gasteiger partial charge in [0.25, 0.3) is 0 Å². The second kappa shape index (κ2) is 3.88. The largest absolute Gasteiger partial charge is 0.458 e. The van der Waals surface area contributed by atoms with Crippen LogP contribution in [0.25, 0.3) is 0 Å². The number of esters is 1. The molecule has 0 fully saturated rings. The molecule has 0 bridgehead atoms. The Morgan fingerprint density at radius 1 is 1.60 bits per heavy atom. The zero-order valence-electron chi connectivity index (χ0n) is 8.99. The van der Waals surface area contributed by atoms with E-state index in [1.54, 1.807) is 6.33 Å². The lowest BCUT2D eigenvalue weighted by molar-refractivity contribution is -0.136. The van der Waals surface area contributed by atoms with Crippen molar-refractivity contribution < 1.29 is 9.53 Å². The molecule has 1 aromatic rings. The summed E-state index contributed by atoms with van der Waals surface area (Å²) in [5.41, 5.74) is 3.02. The normalized spacial score (nSPS) is 16.0. The fourth-order valence-electron chi connectivity index (χ4n) is 1.80. The minimum absolute atomic E-state index is 0.158. The van der Waals surface area contributed by atoms with E-state index in [1.165, 1.54) is 0 Å². The molecule has 4 heteroatoms. The van der Waals surface area contributed by atoms with E-state index in [0.29, 0.717) is 6.61 Å². The van der Waals surface area contributed by atoms with Crippen molar-refractivity contribution in [2.24, 2.45) is 7.05 Å². The number of rotatable bonds is 3. The van der Waals surface area contributed by atoms with E-state index < -0.39 is 0 Å². The fraction of sp³-hybridized carbons (Fsp3) is 0.455. The molecule has 0 amide bonds. The highest BCUT2D eigenvalue weighted by Gasteiger charge is 2.23. The molecule has 0 unspecified atom stereocenters. The molecule has 1 aliphatic heterocycles. The first kappa shape index (κ1) is 9.96. The zero-order valence-corrected chi connectivity index (χ0v) is 8.99. The maximum atomic E-state index is 11.3. The van der Waals surface area contributed by atoms with Gasteiger partial charge in [-0.15, -0.1) is 0 Å². The van der Waals surface area contributed by atoms with Crippen LogP contribution < -0.4 is 0 Å². The van der Waals surface area contributed by atoms with Crippen LogP contribution in [0.4, 0.5) is 0 Å². The Morgan fingerprint density at radius 2 is 2.40 bits per heavy atom. The summed E-state index contributed by atoms with van der Waals surface area (Å²) in [6, 6.07) is 0. The summed E-state index contributed by atoms with van der Waals surface area (Å²) >= 11 is 0. The molecular weight excluding hydrogens is 192 g/mol. The van der Waals surface area contributed by atoms with E-state index >= 15 is 0 Å². The lowest BCUT2D eigenvalue weighted by Crippen LogP contribution is -2.00. The van der Waals surface area contributed by atoms with Crippen LogP contribution in [0.15, 0.2) is 23.7 Å². The number of cyclic esters (lactones) is 1. The average molecular weight is 206 g/mol. The van der Waals surface area contributed by atoms with Crippen LogP contribution in [0.3, 0.4) is 0 Å². The summed E-state index contributed by atoms with van der Waals surface area (Å²) in [5, 5.41) is 0. The SMILES string of the molecule is CCC1=C(Cc2cncn2C)COC1=O. The van der Waals surface area contributed by atoms with Gasteiger partial charge in [-0.05, 0) is 12.0 Å². The molecule has 4 nitrogen and oxygen atoms in total.